The minimum Gasteiger partial charge on any atom is -0.486 e. The smallest absolute Gasteiger partial charge is 0.254 e. The molecule has 1 saturated heterocycles. The first-order valence-electron chi connectivity index (χ1n) is 7.58. The van der Waals surface area contributed by atoms with Gasteiger partial charge < -0.3 is 24.4 Å². The van der Waals surface area contributed by atoms with Crippen LogP contribution in [0.5, 0.6) is 11.5 Å². The molecule has 0 radical (unpaired) electrons. The topological polar surface area (TPSA) is 77.1 Å². The van der Waals surface area contributed by atoms with Crippen LogP contribution in [0.25, 0.3) is 0 Å². The Bertz CT molecular complexity index is 633. The van der Waals surface area contributed by atoms with Crippen LogP contribution in [0.15, 0.2) is 18.2 Å². The molecule has 7 heteroatoms. The number of nitrogens with one attached hydrogen (secondary N) is 1. The van der Waals surface area contributed by atoms with Gasteiger partial charge in [-0.05, 0) is 25.1 Å². The van der Waals surface area contributed by atoms with Crippen LogP contribution in [0.4, 0.5) is 0 Å². The van der Waals surface area contributed by atoms with E-state index in [0.717, 1.165) is 0 Å². The highest BCUT2D eigenvalue weighted by Crippen LogP contribution is 2.31. The Morgan fingerprint density at radius 3 is 2.65 bits per heavy atom. The van der Waals surface area contributed by atoms with Gasteiger partial charge in [-0.2, -0.15) is 0 Å². The van der Waals surface area contributed by atoms with Crippen LogP contribution in [0, 0.1) is 0 Å². The summed E-state index contributed by atoms with van der Waals surface area (Å²) < 4.78 is 16.5. The Morgan fingerprint density at radius 2 is 1.91 bits per heavy atom. The van der Waals surface area contributed by atoms with E-state index in [0.29, 0.717) is 43.4 Å². The Hall–Kier alpha value is -2.28. The second-order valence-electron chi connectivity index (χ2n) is 5.74. The van der Waals surface area contributed by atoms with Gasteiger partial charge in [-0.25, -0.2) is 0 Å². The zero-order valence-corrected chi connectivity index (χ0v) is 13.3. The van der Waals surface area contributed by atoms with E-state index in [-0.39, 0.29) is 18.4 Å². The molecular weight excluding hydrogens is 300 g/mol. The molecule has 0 aliphatic carbocycles. The molecule has 7 nitrogen and oxygen atoms in total. The van der Waals surface area contributed by atoms with E-state index in [2.05, 4.69) is 5.32 Å². The van der Waals surface area contributed by atoms with Crippen molar-refractivity contribution in [1.29, 1.82) is 0 Å². The minimum atomic E-state index is -1.03. The van der Waals surface area contributed by atoms with Gasteiger partial charge in [0.25, 0.3) is 11.8 Å². The highest BCUT2D eigenvalue weighted by atomic mass is 16.6. The van der Waals surface area contributed by atoms with Gasteiger partial charge in [-0.15, -0.1) is 0 Å². The number of rotatable bonds is 2. The highest BCUT2D eigenvalue weighted by molar-refractivity contribution is 5.96. The Morgan fingerprint density at radius 1 is 1.17 bits per heavy atom. The summed E-state index contributed by atoms with van der Waals surface area (Å²) in [5, 5.41) is 2.58. The number of benzene rings is 1. The van der Waals surface area contributed by atoms with E-state index < -0.39 is 5.60 Å². The van der Waals surface area contributed by atoms with Crippen molar-refractivity contribution in [3.8, 4) is 11.5 Å². The van der Waals surface area contributed by atoms with Crippen molar-refractivity contribution in [3.63, 3.8) is 0 Å². The quantitative estimate of drug-likeness (QED) is 0.855. The maximum atomic E-state index is 12.7. The number of amides is 2. The molecule has 1 aromatic carbocycles. The molecule has 23 heavy (non-hydrogen) atoms. The summed E-state index contributed by atoms with van der Waals surface area (Å²) in [5.74, 6) is 0.826. The van der Waals surface area contributed by atoms with E-state index in [1.54, 1.807) is 37.1 Å². The van der Waals surface area contributed by atoms with E-state index in [1.807, 2.05) is 0 Å². The molecule has 1 aromatic rings. The average molecular weight is 320 g/mol. The summed E-state index contributed by atoms with van der Waals surface area (Å²) in [7, 11) is 1.55. The molecule has 0 saturated carbocycles. The highest BCUT2D eigenvalue weighted by Gasteiger charge is 2.40. The largest absolute Gasteiger partial charge is 0.486 e. The van der Waals surface area contributed by atoms with Gasteiger partial charge in [-0.1, -0.05) is 0 Å². The summed E-state index contributed by atoms with van der Waals surface area (Å²) >= 11 is 0. The molecule has 1 N–H and O–H groups in total. The molecule has 1 unspecified atom stereocenters. The molecular formula is C16H20N2O5. The summed E-state index contributed by atoms with van der Waals surface area (Å²) in [6, 6.07) is 5.13. The molecule has 2 aliphatic rings. The first kappa shape index (κ1) is 15.6. The third kappa shape index (κ3) is 2.96. The number of nitrogens with zero attached hydrogens (tertiary/aromatic N) is 1. The second kappa shape index (κ2) is 6.08. The fourth-order valence-electron chi connectivity index (χ4n) is 2.80. The lowest BCUT2D eigenvalue weighted by atomic mass is 10.0. The maximum Gasteiger partial charge on any atom is 0.254 e. The zero-order chi connectivity index (χ0) is 16.4. The standard InChI is InChI=1S/C16H20N2O5/c1-16(15(20)17-2)10-18(5-6-23-16)14(19)11-3-4-12-13(9-11)22-8-7-21-12/h3-4,9H,5-8,10H2,1-2H3,(H,17,20). The van der Waals surface area contributed by atoms with Crippen LogP contribution < -0.4 is 14.8 Å². The van der Waals surface area contributed by atoms with E-state index in [1.165, 1.54) is 0 Å². The molecule has 2 aliphatic heterocycles. The Kier molecular flexibility index (Phi) is 4.12. The Labute approximate surface area is 134 Å². The summed E-state index contributed by atoms with van der Waals surface area (Å²) in [4.78, 5) is 26.3. The number of hydrogen-bond donors (Lipinski definition) is 1. The molecule has 124 valence electrons. The van der Waals surface area contributed by atoms with Crippen LogP contribution in [0.1, 0.15) is 17.3 Å². The first-order chi connectivity index (χ1) is 11.0. The van der Waals surface area contributed by atoms with Crippen LogP contribution in [-0.2, 0) is 9.53 Å². The van der Waals surface area contributed by atoms with Gasteiger partial charge in [0.15, 0.2) is 17.1 Å². The number of morpholine rings is 1. The van der Waals surface area contributed by atoms with Gasteiger partial charge >= 0.3 is 0 Å². The van der Waals surface area contributed by atoms with Gasteiger partial charge in [0.1, 0.15) is 13.2 Å². The lowest BCUT2D eigenvalue weighted by Gasteiger charge is -2.39. The monoisotopic (exact) mass is 320 g/mol. The normalized spacial score (nSPS) is 23.3. The van der Waals surface area contributed by atoms with Gasteiger partial charge in [-0.3, -0.25) is 9.59 Å². The second-order valence-corrected chi connectivity index (χ2v) is 5.74. The third-order valence-electron chi connectivity index (χ3n) is 4.06. The molecule has 1 fully saturated rings. The van der Waals surface area contributed by atoms with E-state index in [4.69, 9.17) is 14.2 Å². The first-order valence-corrected chi connectivity index (χ1v) is 7.58. The fourth-order valence-corrected chi connectivity index (χ4v) is 2.80. The predicted octanol–water partition coefficient (Wildman–Crippen LogP) is 0.435. The lowest BCUT2D eigenvalue weighted by Crippen LogP contribution is -2.58. The summed E-state index contributed by atoms with van der Waals surface area (Å²) in [6.45, 7) is 3.64. The molecule has 3 rings (SSSR count). The predicted molar refractivity (Wildman–Crippen MR) is 81.8 cm³/mol. The van der Waals surface area contributed by atoms with Crippen molar-refractivity contribution in [2.24, 2.45) is 0 Å². The minimum absolute atomic E-state index is 0.152. The molecule has 0 spiro atoms. The molecule has 2 amide bonds. The van der Waals surface area contributed by atoms with Crippen molar-refractivity contribution in [2.45, 2.75) is 12.5 Å². The van der Waals surface area contributed by atoms with Crippen molar-refractivity contribution < 1.29 is 23.8 Å². The number of carbonyl (C=O) groups excluding carboxylic acids is 2. The number of hydrogen-bond acceptors (Lipinski definition) is 5. The van der Waals surface area contributed by atoms with E-state index >= 15 is 0 Å². The van der Waals surface area contributed by atoms with Gasteiger partial charge in [0.2, 0.25) is 0 Å². The summed E-state index contributed by atoms with van der Waals surface area (Å²) in [6.07, 6.45) is 0. The lowest BCUT2D eigenvalue weighted by molar-refractivity contribution is -0.153. The van der Waals surface area contributed by atoms with Crippen molar-refractivity contribution in [1.82, 2.24) is 10.2 Å². The number of likely N-dealkylation sites (N-methyl/N-ethyl adjacent to an activating group) is 1. The van der Waals surface area contributed by atoms with Crippen LogP contribution in [0.2, 0.25) is 0 Å². The average Bonchev–Trinajstić information content (AvgIpc) is 2.60. The molecule has 0 aromatic heterocycles. The van der Waals surface area contributed by atoms with Crippen LogP contribution >= 0.6 is 0 Å². The number of carbonyl (C=O) groups is 2. The fraction of sp³-hybridized carbons (Fsp3) is 0.500. The van der Waals surface area contributed by atoms with E-state index in [9.17, 15) is 9.59 Å². The van der Waals surface area contributed by atoms with Gasteiger partial charge in [0, 0.05) is 19.2 Å². The van der Waals surface area contributed by atoms with Crippen molar-refractivity contribution in [2.75, 3.05) is 40.0 Å². The Balaban J connectivity index is 1.78. The SMILES string of the molecule is CNC(=O)C1(C)CN(C(=O)c2ccc3c(c2)OCCO3)CCO1. The van der Waals surface area contributed by atoms with Crippen molar-refractivity contribution >= 4 is 11.8 Å². The molecule has 1 atom stereocenters. The maximum absolute atomic E-state index is 12.7. The number of fused-ring (bicyclic) bond motifs is 1. The third-order valence-corrected chi connectivity index (χ3v) is 4.06. The molecule has 0 bridgehead atoms. The zero-order valence-electron chi connectivity index (χ0n) is 13.3. The van der Waals surface area contributed by atoms with Gasteiger partial charge in [0.05, 0.1) is 13.2 Å². The summed E-state index contributed by atoms with van der Waals surface area (Å²) in [5.41, 5.74) is -0.522. The molecule has 2 heterocycles. The van der Waals surface area contributed by atoms with Crippen molar-refractivity contribution in [3.05, 3.63) is 23.8 Å². The van der Waals surface area contributed by atoms with Crippen LogP contribution in [0.3, 0.4) is 0 Å². The van der Waals surface area contributed by atoms with Crippen LogP contribution in [-0.4, -0.2) is 62.3 Å². The number of ether oxygens (including phenoxy) is 3.